The van der Waals surface area contributed by atoms with Crippen LogP contribution < -0.4 is 16.0 Å². The molecule has 11 heteroatoms. The summed E-state index contributed by atoms with van der Waals surface area (Å²) in [5, 5.41) is 18.3. The molecule has 3 rings (SSSR count). The fraction of sp³-hybridized carbons (Fsp3) is 0.278. The van der Waals surface area contributed by atoms with Gasteiger partial charge in [0.25, 0.3) is 0 Å². The summed E-state index contributed by atoms with van der Waals surface area (Å²) in [6, 6.07) is 6.00. The molecule has 0 bridgehead atoms. The first kappa shape index (κ1) is 21.3. The first-order chi connectivity index (χ1) is 13.7. The van der Waals surface area contributed by atoms with Crippen molar-refractivity contribution < 1.29 is 22.7 Å². The largest absolute Gasteiger partial charge is 0.504 e. The minimum atomic E-state index is -4.06. The molecule has 0 atom stereocenters. The van der Waals surface area contributed by atoms with Crippen molar-refractivity contribution in [2.45, 2.75) is 11.8 Å². The molecule has 0 aliphatic carbocycles. The highest BCUT2D eigenvalue weighted by molar-refractivity contribution is 7.89. The predicted octanol–water partition coefficient (Wildman–Crippen LogP) is 2.73. The minimum Gasteiger partial charge on any atom is -0.504 e. The highest BCUT2D eigenvalue weighted by atomic mass is 35.5. The number of carbonyl (C=O) groups is 1. The van der Waals surface area contributed by atoms with Crippen LogP contribution in [0.3, 0.4) is 0 Å². The summed E-state index contributed by atoms with van der Waals surface area (Å²) in [7, 11) is -4.06. The summed E-state index contributed by atoms with van der Waals surface area (Å²) >= 11 is 6.06. The van der Waals surface area contributed by atoms with Gasteiger partial charge in [-0.05, 0) is 31.2 Å². The molecule has 1 fully saturated rings. The number of aromatic hydroxyl groups is 1. The summed E-state index contributed by atoms with van der Waals surface area (Å²) in [5.41, 5.74) is 0.337. The van der Waals surface area contributed by atoms with Gasteiger partial charge in [-0.25, -0.2) is 17.6 Å². The maximum absolute atomic E-state index is 13.6. The van der Waals surface area contributed by atoms with E-state index in [1.54, 1.807) is 0 Å². The van der Waals surface area contributed by atoms with Crippen molar-refractivity contribution in [3.63, 3.8) is 0 Å². The molecule has 2 aromatic carbocycles. The molecule has 2 amide bonds. The maximum Gasteiger partial charge on any atom is 0.323 e. The third-order valence-electron chi connectivity index (χ3n) is 4.52. The van der Waals surface area contributed by atoms with Gasteiger partial charge in [0.1, 0.15) is 10.7 Å². The Morgan fingerprint density at radius 3 is 2.52 bits per heavy atom. The molecule has 1 heterocycles. The highest BCUT2D eigenvalue weighted by Gasteiger charge is 2.32. The first-order valence-electron chi connectivity index (χ1n) is 8.77. The zero-order chi connectivity index (χ0) is 21.2. The average Bonchev–Trinajstić information content (AvgIpc) is 2.68. The van der Waals surface area contributed by atoms with Crippen molar-refractivity contribution in [3.8, 4) is 5.75 Å². The molecule has 0 saturated carbocycles. The zero-order valence-electron chi connectivity index (χ0n) is 15.5. The number of halogens is 2. The van der Waals surface area contributed by atoms with Gasteiger partial charge >= 0.3 is 6.03 Å². The number of urea groups is 1. The lowest BCUT2D eigenvalue weighted by Gasteiger charge is -2.27. The van der Waals surface area contributed by atoms with Gasteiger partial charge in [-0.1, -0.05) is 17.7 Å². The second kappa shape index (κ2) is 8.54. The van der Waals surface area contributed by atoms with E-state index in [4.69, 9.17) is 11.6 Å². The van der Waals surface area contributed by atoms with Crippen LogP contribution in [0.1, 0.15) is 5.56 Å². The molecule has 0 spiro atoms. The van der Waals surface area contributed by atoms with Gasteiger partial charge < -0.3 is 21.1 Å². The molecule has 1 aliphatic rings. The lowest BCUT2D eigenvalue weighted by molar-refractivity contribution is 0.262. The van der Waals surface area contributed by atoms with Crippen molar-refractivity contribution in [3.05, 3.63) is 46.7 Å². The van der Waals surface area contributed by atoms with Gasteiger partial charge in [0.2, 0.25) is 10.0 Å². The van der Waals surface area contributed by atoms with Gasteiger partial charge in [0.05, 0.1) is 10.7 Å². The number of phenolic OH excluding ortho intramolecular Hbond substituents is 1. The number of rotatable bonds is 4. The second-order valence-corrected chi connectivity index (χ2v) is 8.70. The Hall–Kier alpha value is -2.40. The number of sulfonamides is 1. The van der Waals surface area contributed by atoms with Crippen LogP contribution in [0.4, 0.5) is 20.6 Å². The number of hydrogen-bond acceptors (Lipinski definition) is 5. The van der Waals surface area contributed by atoms with Crippen molar-refractivity contribution in [2.24, 2.45) is 0 Å². The van der Waals surface area contributed by atoms with Gasteiger partial charge in [-0.15, -0.1) is 0 Å². The Morgan fingerprint density at radius 2 is 1.83 bits per heavy atom. The number of hydrogen-bond donors (Lipinski definition) is 4. The topological polar surface area (TPSA) is 111 Å². The summed E-state index contributed by atoms with van der Waals surface area (Å²) in [5.74, 6) is -1.15. The first-order valence-corrected chi connectivity index (χ1v) is 10.6. The summed E-state index contributed by atoms with van der Waals surface area (Å²) in [4.78, 5) is 11.8. The van der Waals surface area contributed by atoms with Crippen molar-refractivity contribution in [1.82, 2.24) is 9.62 Å². The smallest absolute Gasteiger partial charge is 0.323 e. The third-order valence-corrected chi connectivity index (χ3v) is 6.92. The molecular formula is C18H20ClFN4O4S. The molecule has 2 aromatic rings. The highest BCUT2D eigenvalue weighted by Crippen LogP contribution is 2.38. The Bertz CT molecular complexity index is 1040. The molecule has 0 aromatic heterocycles. The molecule has 0 unspecified atom stereocenters. The molecule has 1 saturated heterocycles. The van der Waals surface area contributed by atoms with Gasteiger partial charge in [0.15, 0.2) is 5.75 Å². The Morgan fingerprint density at radius 1 is 1.17 bits per heavy atom. The van der Waals surface area contributed by atoms with Crippen LogP contribution in [0, 0.1) is 12.7 Å². The van der Waals surface area contributed by atoms with Crippen LogP contribution in [0.15, 0.2) is 35.2 Å². The Labute approximate surface area is 172 Å². The van der Waals surface area contributed by atoms with E-state index < -0.39 is 32.5 Å². The van der Waals surface area contributed by atoms with Crippen LogP contribution in [0.25, 0.3) is 0 Å². The molecular weight excluding hydrogens is 423 g/mol. The molecule has 0 radical (unpaired) electrons. The van der Waals surface area contributed by atoms with Crippen LogP contribution in [0.2, 0.25) is 5.02 Å². The van der Waals surface area contributed by atoms with E-state index in [2.05, 4.69) is 16.0 Å². The Kier molecular flexibility index (Phi) is 6.27. The SMILES string of the molecule is Cc1c(F)cccc1NC(=O)Nc1ccc(Cl)c(S(=O)(=O)N2CCNCC2)c1O. The fourth-order valence-electron chi connectivity index (χ4n) is 2.93. The van der Waals surface area contributed by atoms with E-state index in [1.807, 2.05) is 0 Å². The van der Waals surface area contributed by atoms with E-state index in [0.29, 0.717) is 13.1 Å². The van der Waals surface area contributed by atoms with E-state index in [-0.39, 0.29) is 35.1 Å². The van der Waals surface area contributed by atoms with Crippen molar-refractivity contribution >= 4 is 39.0 Å². The lowest BCUT2D eigenvalue weighted by Crippen LogP contribution is -2.46. The Balaban J connectivity index is 1.87. The van der Waals surface area contributed by atoms with Crippen molar-refractivity contribution in [2.75, 3.05) is 36.8 Å². The number of phenols is 1. The van der Waals surface area contributed by atoms with Gasteiger partial charge in [-0.3, -0.25) is 0 Å². The summed E-state index contributed by atoms with van der Waals surface area (Å²) in [6.45, 7) is 2.92. The quantitative estimate of drug-likeness (QED) is 0.544. The minimum absolute atomic E-state index is 0.144. The number of nitrogens with one attached hydrogen (secondary N) is 3. The number of anilines is 2. The van der Waals surface area contributed by atoms with Crippen LogP contribution in [0.5, 0.6) is 5.75 Å². The number of piperazine rings is 1. The standard InChI is InChI=1S/C18H20ClFN4O4S/c1-11-13(20)3-2-4-14(11)22-18(26)23-15-6-5-12(19)17(16(15)25)29(27,28)24-9-7-21-8-10-24/h2-6,21,25H,7-10H2,1H3,(H2,22,23,26). The van der Waals surface area contributed by atoms with Crippen LogP contribution >= 0.6 is 11.6 Å². The van der Waals surface area contributed by atoms with E-state index in [1.165, 1.54) is 41.6 Å². The maximum atomic E-state index is 13.6. The van der Waals surface area contributed by atoms with Gasteiger partial charge in [0, 0.05) is 37.4 Å². The summed E-state index contributed by atoms with van der Waals surface area (Å²) in [6.07, 6.45) is 0. The lowest BCUT2D eigenvalue weighted by atomic mass is 10.2. The zero-order valence-corrected chi connectivity index (χ0v) is 17.1. The van der Waals surface area contributed by atoms with Crippen LogP contribution in [-0.4, -0.2) is 50.0 Å². The second-order valence-electron chi connectivity index (χ2n) is 6.42. The number of nitrogens with zero attached hydrogens (tertiary/aromatic N) is 1. The number of benzene rings is 2. The van der Waals surface area contributed by atoms with Crippen molar-refractivity contribution in [1.29, 1.82) is 0 Å². The number of amides is 2. The number of carbonyl (C=O) groups excluding carboxylic acids is 1. The molecule has 156 valence electrons. The predicted molar refractivity (Wildman–Crippen MR) is 109 cm³/mol. The third kappa shape index (κ3) is 4.45. The summed E-state index contributed by atoms with van der Waals surface area (Å²) < 4.78 is 40.7. The fourth-order valence-corrected chi connectivity index (χ4v) is 4.96. The monoisotopic (exact) mass is 442 g/mol. The molecule has 1 aliphatic heterocycles. The molecule has 4 N–H and O–H groups in total. The van der Waals surface area contributed by atoms with Crippen LogP contribution in [-0.2, 0) is 10.0 Å². The molecule has 8 nitrogen and oxygen atoms in total. The van der Waals surface area contributed by atoms with E-state index >= 15 is 0 Å². The molecule has 29 heavy (non-hydrogen) atoms. The van der Waals surface area contributed by atoms with E-state index in [9.17, 15) is 22.7 Å². The van der Waals surface area contributed by atoms with Gasteiger partial charge in [-0.2, -0.15) is 4.31 Å². The van der Waals surface area contributed by atoms with E-state index in [0.717, 1.165) is 0 Å². The normalized spacial score (nSPS) is 15.1. The average molecular weight is 443 g/mol.